The molecule has 4 rings (SSSR count). The summed E-state index contributed by atoms with van der Waals surface area (Å²) in [6, 6.07) is 8.74. The average molecular weight is 464 g/mol. The second-order valence-electron chi connectivity index (χ2n) is 7.83. The number of ether oxygens (including phenoxy) is 1. The van der Waals surface area contributed by atoms with E-state index in [0.29, 0.717) is 18.2 Å². The van der Waals surface area contributed by atoms with E-state index in [9.17, 15) is 26.8 Å². The molecule has 0 saturated carbocycles. The van der Waals surface area contributed by atoms with Crippen molar-refractivity contribution in [3.63, 3.8) is 0 Å². The summed E-state index contributed by atoms with van der Waals surface area (Å²) in [6.45, 7) is -0.0415. The minimum Gasteiger partial charge on any atom is -0.467 e. The number of esters is 1. The smallest absolute Gasteiger partial charge is 0.329 e. The molecule has 0 N–H and O–H groups in total. The Morgan fingerprint density at radius 1 is 1.06 bits per heavy atom. The van der Waals surface area contributed by atoms with Gasteiger partial charge in [0.15, 0.2) is 0 Å². The molecule has 0 aromatic heterocycles. The zero-order valence-corrected chi connectivity index (χ0v) is 18.1. The maximum atomic E-state index is 14.0. The van der Waals surface area contributed by atoms with Gasteiger partial charge in [0.25, 0.3) is 0 Å². The maximum Gasteiger partial charge on any atom is 0.329 e. The van der Waals surface area contributed by atoms with Crippen molar-refractivity contribution in [3.8, 4) is 0 Å². The van der Waals surface area contributed by atoms with E-state index in [1.807, 2.05) is 12.1 Å². The van der Waals surface area contributed by atoms with Crippen molar-refractivity contribution in [2.75, 3.05) is 25.1 Å². The van der Waals surface area contributed by atoms with E-state index in [-0.39, 0.29) is 31.8 Å². The number of halogens is 2. The van der Waals surface area contributed by atoms with Gasteiger partial charge < -0.3 is 4.74 Å². The number of hydrogen-bond donors (Lipinski definition) is 0. The molecule has 2 aromatic rings. The van der Waals surface area contributed by atoms with Gasteiger partial charge in [0.05, 0.1) is 7.11 Å². The Kier molecular flexibility index (Phi) is 6.00. The number of amides is 1. The van der Waals surface area contributed by atoms with Crippen molar-refractivity contribution in [2.45, 2.75) is 30.2 Å². The van der Waals surface area contributed by atoms with Gasteiger partial charge in [-0.1, -0.05) is 18.2 Å². The molecule has 0 spiro atoms. The van der Waals surface area contributed by atoms with Gasteiger partial charge in [-0.25, -0.2) is 22.0 Å². The summed E-state index contributed by atoms with van der Waals surface area (Å²) in [4.78, 5) is 26.4. The van der Waals surface area contributed by atoms with Crippen molar-refractivity contribution in [2.24, 2.45) is 5.92 Å². The Balaban J connectivity index is 1.52. The van der Waals surface area contributed by atoms with Gasteiger partial charge in [0.2, 0.25) is 15.9 Å². The normalized spacial score (nSPS) is 19.6. The molecule has 32 heavy (non-hydrogen) atoms. The number of anilines is 1. The zero-order chi connectivity index (χ0) is 23.0. The molecule has 0 bridgehead atoms. The number of sulfonamides is 1. The number of nitrogens with zero attached hydrogens (tertiary/aromatic N) is 2. The molecule has 1 unspecified atom stereocenters. The molecule has 1 amide bonds. The summed E-state index contributed by atoms with van der Waals surface area (Å²) in [6.07, 6.45) is 0.740. The lowest BCUT2D eigenvalue weighted by atomic mass is 9.96. The first kappa shape index (κ1) is 22.3. The minimum atomic E-state index is -4.24. The number of benzene rings is 2. The molecule has 1 atom stereocenters. The van der Waals surface area contributed by atoms with Crippen LogP contribution >= 0.6 is 0 Å². The summed E-state index contributed by atoms with van der Waals surface area (Å²) >= 11 is 0. The highest BCUT2D eigenvalue weighted by molar-refractivity contribution is 7.89. The zero-order valence-electron chi connectivity index (χ0n) is 17.3. The van der Waals surface area contributed by atoms with Gasteiger partial charge in [-0.15, -0.1) is 0 Å². The van der Waals surface area contributed by atoms with Crippen molar-refractivity contribution >= 4 is 27.6 Å². The Bertz CT molecular complexity index is 1160. The van der Waals surface area contributed by atoms with Gasteiger partial charge in [-0.2, -0.15) is 4.31 Å². The van der Waals surface area contributed by atoms with Crippen molar-refractivity contribution in [1.29, 1.82) is 0 Å². The largest absolute Gasteiger partial charge is 0.467 e. The molecular formula is C22H22F2N2O5S. The van der Waals surface area contributed by atoms with E-state index in [4.69, 9.17) is 4.74 Å². The first-order valence-electron chi connectivity index (χ1n) is 10.2. The molecule has 170 valence electrons. The standard InChI is InChI=1S/C22H22F2N2O5S/c1-31-22(28)19-12-15-4-2-3-5-18(15)26(19)21(27)14-8-10-25(11-9-14)32(29,30)20-13-16(23)6-7-17(20)24/h2-7,13-14,19H,8-12H2,1H3. The highest BCUT2D eigenvalue weighted by Crippen LogP contribution is 2.36. The second kappa shape index (κ2) is 8.59. The first-order chi connectivity index (χ1) is 15.2. The number of rotatable bonds is 4. The van der Waals surface area contributed by atoms with Crippen LogP contribution < -0.4 is 4.90 Å². The Labute approximate surface area is 184 Å². The number of carbonyl (C=O) groups is 2. The van der Waals surface area contributed by atoms with Gasteiger partial charge in [0.1, 0.15) is 22.6 Å². The Morgan fingerprint density at radius 3 is 2.44 bits per heavy atom. The number of para-hydroxylation sites is 1. The molecule has 2 heterocycles. The third-order valence-electron chi connectivity index (χ3n) is 6.00. The lowest BCUT2D eigenvalue weighted by Crippen LogP contribution is -2.49. The number of methoxy groups -OCH3 is 1. The summed E-state index contributed by atoms with van der Waals surface area (Å²) < 4.78 is 59.1. The molecule has 1 fully saturated rings. The molecule has 7 nitrogen and oxygen atoms in total. The van der Waals surface area contributed by atoms with Gasteiger partial charge in [-0.3, -0.25) is 9.69 Å². The first-order valence-corrected chi connectivity index (χ1v) is 11.6. The van der Waals surface area contributed by atoms with Crippen LogP contribution in [0, 0.1) is 17.6 Å². The predicted molar refractivity (Wildman–Crippen MR) is 111 cm³/mol. The van der Waals surface area contributed by atoms with Crippen molar-refractivity contribution in [1.82, 2.24) is 4.31 Å². The molecule has 0 aliphatic carbocycles. The number of fused-ring (bicyclic) bond motifs is 1. The predicted octanol–water partition coefficient (Wildman–Crippen LogP) is 2.50. The number of piperidine rings is 1. The van der Waals surface area contributed by atoms with E-state index in [2.05, 4.69) is 0 Å². The highest BCUT2D eigenvalue weighted by atomic mass is 32.2. The Morgan fingerprint density at radius 2 is 1.75 bits per heavy atom. The van der Waals surface area contributed by atoms with Crippen LogP contribution in [0.25, 0.3) is 0 Å². The van der Waals surface area contributed by atoms with Gasteiger partial charge in [-0.05, 0) is 42.7 Å². The third-order valence-corrected chi connectivity index (χ3v) is 7.91. The lowest BCUT2D eigenvalue weighted by Gasteiger charge is -2.34. The molecule has 10 heteroatoms. The summed E-state index contributed by atoms with van der Waals surface area (Å²) in [7, 11) is -2.97. The van der Waals surface area contributed by atoms with Crippen LogP contribution in [0.2, 0.25) is 0 Å². The fourth-order valence-corrected chi connectivity index (χ4v) is 5.88. The molecule has 2 aliphatic rings. The fourth-order valence-electron chi connectivity index (χ4n) is 4.34. The van der Waals surface area contributed by atoms with Crippen LogP contribution in [-0.2, 0) is 30.8 Å². The third kappa shape index (κ3) is 3.88. The van der Waals surface area contributed by atoms with E-state index < -0.39 is 44.5 Å². The number of hydrogen-bond acceptors (Lipinski definition) is 5. The SMILES string of the molecule is COC(=O)C1Cc2ccccc2N1C(=O)C1CCN(S(=O)(=O)c2cc(F)ccc2F)CC1. The van der Waals surface area contributed by atoms with Crippen molar-refractivity contribution < 1.29 is 31.5 Å². The lowest BCUT2D eigenvalue weighted by molar-refractivity contribution is -0.143. The fraction of sp³-hybridized carbons (Fsp3) is 0.364. The molecule has 2 aromatic carbocycles. The number of carbonyl (C=O) groups excluding carboxylic acids is 2. The van der Waals surface area contributed by atoms with E-state index in [0.717, 1.165) is 22.0 Å². The maximum absolute atomic E-state index is 14.0. The van der Waals surface area contributed by atoms with Crippen molar-refractivity contribution in [3.05, 3.63) is 59.7 Å². The second-order valence-corrected chi connectivity index (χ2v) is 9.74. The highest BCUT2D eigenvalue weighted by Gasteiger charge is 2.43. The summed E-state index contributed by atoms with van der Waals surface area (Å²) in [5.41, 5.74) is 1.50. The van der Waals surface area contributed by atoms with Crippen LogP contribution in [0.4, 0.5) is 14.5 Å². The molecule has 0 radical (unpaired) electrons. The van der Waals surface area contributed by atoms with Crippen LogP contribution in [0.5, 0.6) is 0 Å². The van der Waals surface area contributed by atoms with Crippen LogP contribution in [-0.4, -0.2) is 50.8 Å². The summed E-state index contributed by atoms with van der Waals surface area (Å²) in [5, 5.41) is 0. The van der Waals surface area contributed by atoms with E-state index >= 15 is 0 Å². The van der Waals surface area contributed by atoms with Crippen LogP contribution in [0.1, 0.15) is 18.4 Å². The average Bonchev–Trinajstić information content (AvgIpc) is 3.19. The Hall–Kier alpha value is -2.85. The van der Waals surface area contributed by atoms with Gasteiger partial charge in [0, 0.05) is 31.1 Å². The molecule has 2 aliphatic heterocycles. The quantitative estimate of drug-likeness (QED) is 0.650. The van der Waals surface area contributed by atoms with E-state index in [1.165, 1.54) is 12.0 Å². The topological polar surface area (TPSA) is 84.0 Å². The minimum absolute atomic E-state index is 0.0208. The summed E-state index contributed by atoms with van der Waals surface area (Å²) in [5.74, 6) is -3.19. The molecule has 1 saturated heterocycles. The van der Waals surface area contributed by atoms with E-state index in [1.54, 1.807) is 12.1 Å². The monoisotopic (exact) mass is 464 g/mol. The van der Waals surface area contributed by atoms with Crippen LogP contribution in [0.15, 0.2) is 47.4 Å². The molecular weight excluding hydrogens is 442 g/mol. The van der Waals surface area contributed by atoms with Crippen LogP contribution in [0.3, 0.4) is 0 Å². The van der Waals surface area contributed by atoms with Gasteiger partial charge >= 0.3 is 5.97 Å².